The van der Waals surface area contributed by atoms with Crippen molar-refractivity contribution in [3.63, 3.8) is 0 Å². The number of rotatable bonds is 9. The first kappa shape index (κ1) is 24.8. The van der Waals surface area contributed by atoms with Crippen LogP contribution in [0, 0.1) is 5.92 Å². The molecule has 0 amide bonds. The second-order valence-corrected chi connectivity index (χ2v) is 8.83. The summed E-state index contributed by atoms with van der Waals surface area (Å²) in [7, 11) is 0. The van der Waals surface area contributed by atoms with Crippen LogP contribution in [-0.2, 0) is 22.4 Å². The van der Waals surface area contributed by atoms with Gasteiger partial charge in [0.2, 0.25) is 0 Å². The second kappa shape index (κ2) is 10.4. The number of carbonyl (C=O) groups excluding carboxylic acids is 1. The van der Waals surface area contributed by atoms with Crippen molar-refractivity contribution in [3.05, 3.63) is 59.9 Å². The molecule has 0 radical (unpaired) electrons. The third kappa shape index (κ3) is 6.13. The highest BCUT2D eigenvalue weighted by atomic mass is 32.1. The first-order chi connectivity index (χ1) is 15.6. The van der Waals surface area contributed by atoms with Gasteiger partial charge in [-0.1, -0.05) is 20.4 Å². The van der Waals surface area contributed by atoms with Crippen molar-refractivity contribution in [2.45, 2.75) is 39.8 Å². The van der Waals surface area contributed by atoms with Crippen LogP contribution in [0.25, 0.3) is 20.5 Å². The fraction of sp³-hybridized carbons (Fsp3) is 0.360. The maximum Gasteiger partial charge on any atom is 0.398 e. The Morgan fingerprint density at radius 3 is 2.52 bits per heavy atom. The van der Waals surface area contributed by atoms with E-state index >= 15 is 0 Å². The number of hydrogen-bond acceptors (Lipinski definition) is 5. The summed E-state index contributed by atoms with van der Waals surface area (Å²) in [4.78, 5) is 17.2. The van der Waals surface area contributed by atoms with Crippen LogP contribution in [0.3, 0.4) is 0 Å². The predicted octanol–water partition coefficient (Wildman–Crippen LogP) is 6.76. The minimum Gasteiger partial charge on any atom is -0.493 e. The van der Waals surface area contributed by atoms with Gasteiger partial charge in [0.05, 0.1) is 0 Å². The molecule has 1 unspecified atom stereocenters. The molecule has 2 heterocycles. The van der Waals surface area contributed by atoms with E-state index in [4.69, 9.17) is 14.5 Å². The Kier molecular flexibility index (Phi) is 7.79. The normalized spacial score (nSPS) is 12.5. The summed E-state index contributed by atoms with van der Waals surface area (Å²) in [5.41, 5.74) is 3.17. The topological polar surface area (TPSA) is 48.4 Å². The molecule has 3 rings (SSSR count). The van der Waals surface area contributed by atoms with Crippen molar-refractivity contribution in [1.29, 1.82) is 0 Å². The molecule has 1 aromatic carbocycles. The molecule has 0 N–H and O–H groups in total. The Morgan fingerprint density at radius 2 is 1.88 bits per heavy atom. The lowest BCUT2D eigenvalue weighted by Gasteiger charge is -2.20. The van der Waals surface area contributed by atoms with Gasteiger partial charge in [-0.3, -0.25) is 4.98 Å². The number of halogens is 3. The van der Waals surface area contributed by atoms with Crippen LogP contribution < -0.4 is 4.74 Å². The number of alkyl halides is 3. The van der Waals surface area contributed by atoms with Crippen molar-refractivity contribution in [2.24, 2.45) is 5.92 Å². The van der Waals surface area contributed by atoms with E-state index in [-0.39, 0.29) is 5.57 Å². The summed E-state index contributed by atoms with van der Waals surface area (Å²) in [5, 5.41) is 0.978. The summed E-state index contributed by atoms with van der Waals surface area (Å²) in [6.07, 6.45) is -2.89. The number of ether oxygens (including phenoxy) is 2. The highest BCUT2D eigenvalue weighted by Gasteiger charge is 2.41. The molecule has 0 spiro atoms. The predicted molar refractivity (Wildman–Crippen MR) is 125 cm³/mol. The fourth-order valence-corrected chi connectivity index (χ4v) is 4.34. The monoisotopic (exact) mass is 477 g/mol. The molecule has 0 saturated heterocycles. The van der Waals surface area contributed by atoms with Crippen LogP contribution in [0.2, 0.25) is 0 Å². The number of pyridine rings is 1. The molecule has 33 heavy (non-hydrogen) atoms. The Labute approximate surface area is 195 Å². The van der Waals surface area contributed by atoms with E-state index in [2.05, 4.69) is 32.6 Å². The van der Waals surface area contributed by atoms with Gasteiger partial charge in [-0.25, -0.2) is 4.79 Å². The third-order valence-electron chi connectivity index (χ3n) is 5.16. The van der Waals surface area contributed by atoms with E-state index in [1.807, 2.05) is 12.1 Å². The van der Waals surface area contributed by atoms with E-state index in [0.717, 1.165) is 44.8 Å². The number of aryl methyl sites for hydroxylation is 2. The summed E-state index contributed by atoms with van der Waals surface area (Å²) >= 11 is 1.54. The molecule has 0 fully saturated rings. The van der Waals surface area contributed by atoms with Crippen molar-refractivity contribution < 1.29 is 27.4 Å². The highest BCUT2D eigenvalue weighted by molar-refractivity contribution is 7.22. The van der Waals surface area contributed by atoms with E-state index in [1.54, 1.807) is 23.5 Å². The van der Waals surface area contributed by atoms with Crippen molar-refractivity contribution in [1.82, 2.24) is 4.98 Å². The minimum absolute atomic E-state index is 0.0431. The zero-order valence-corrected chi connectivity index (χ0v) is 19.6. The van der Waals surface area contributed by atoms with Gasteiger partial charge in [0.1, 0.15) is 24.9 Å². The first-order valence-corrected chi connectivity index (χ1v) is 11.5. The van der Waals surface area contributed by atoms with Crippen LogP contribution in [0.4, 0.5) is 13.2 Å². The standard InChI is InChI=1S/C25H26F3NO3S/c1-5-18-8-10-20(21(6-2)29-18)23-11-16-7-9-19(12-22(16)33-23)31-13-17(25(26,27)28)14-32-24(30)15(3)4/h7-12,17H,3,5-6,13-14H2,1-2,4H3. The van der Waals surface area contributed by atoms with Crippen LogP contribution in [0.15, 0.2) is 48.6 Å². The lowest BCUT2D eigenvalue weighted by atomic mass is 10.1. The first-order valence-electron chi connectivity index (χ1n) is 10.7. The Balaban J connectivity index is 1.77. The molecule has 3 aromatic rings. The van der Waals surface area contributed by atoms with E-state index in [9.17, 15) is 18.0 Å². The molecule has 4 nitrogen and oxygen atoms in total. The largest absolute Gasteiger partial charge is 0.493 e. The van der Waals surface area contributed by atoms with Crippen molar-refractivity contribution >= 4 is 27.4 Å². The molecule has 0 aliphatic rings. The Morgan fingerprint density at radius 1 is 1.12 bits per heavy atom. The molecule has 0 saturated carbocycles. The molecule has 0 aliphatic carbocycles. The number of hydrogen-bond donors (Lipinski definition) is 0. The number of esters is 1. The van der Waals surface area contributed by atoms with Crippen molar-refractivity contribution in [2.75, 3.05) is 13.2 Å². The number of fused-ring (bicyclic) bond motifs is 1. The van der Waals surface area contributed by atoms with E-state index < -0.39 is 31.3 Å². The van der Waals surface area contributed by atoms with Gasteiger partial charge >= 0.3 is 12.1 Å². The lowest BCUT2D eigenvalue weighted by Crippen LogP contribution is -2.33. The van der Waals surface area contributed by atoms with Crippen LogP contribution >= 0.6 is 11.3 Å². The van der Waals surface area contributed by atoms with Crippen LogP contribution in [0.1, 0.15) is 32.2 Å². The average molecular weight is 478 g/mol. The maximum absolute atomic E-state index is 13.3. The van der Waals surface area contributed by atoms with Crippen LogP contribution in [0.5, 0.6) is 5.75 Å². The molecule has 1 atom stereocenters. The Hall–Kier alpha value is -2.87. The summed E-state index contributed by atoms with van der Waals surface area (Å²) in [6, 6.07) is 11.4. The molecule has 0 aliphatic heterocycles. The summed E-state index contributed by atoms with van der Waals surface area (Å²) in [6.45, 7) is 7.41. The lowest BCUT2D eigenvalue weighted by molar-refractivity contribution is -0.196. The van der Waals surface area contributed by atoms with Gasteiger partial charge in [0, 0.05) is 32.1 Å². The highest BCUT2D eigenvalue weighted by Crippen LogP contribution is 2.37. The van der Waals surface area contributed by atoms with Gasteiger partial charge in [0.15, 0.2) is 0 Å². The zero-order chi connectivity index (χ0) is 24.2. The third-order valence-corrected chi connectivity index (χ3v) is 6.30. The molecular weight excluding hydrogens is 451 g/mol. The maximum atomic E-state index is 13.3. The van der Waals surface area contributed by atoms with Gasteiger partial charge in [-0.05, 0) is 61.5 Å². The average Bonchev–Trinajstić information content (AvgIpc) is 3.20. The van der Waals surface area contributed by atoms with Gasteiger partial charge in [-0.2, -0.15) is 13.2 Å². The zero-order valence-electron chi connectivity index (χ0n) is 18.8. The number of nitrogens with zero attached hydrogens (tertiary/aromatic N) is 1. The van der Waals surface area contributed by atoms with E-state index in [0.29, 0.717) is 5.75 Å². The van der Waals surface area contributed by atoms with E-state index in [1.165, 1.54) is 6.92 Å². The second-order valence-electron chi connectivity index (χ2n) is 7.74. The SMILES string of the molecule is C=C(C)C(=O)OCC(COc1ccc2cc(-c3ccc(CC)nc3CC)sc2c1)C(F)(F)F. The number of aromatic nitrogens is 1. The molecule has 176 valence electrons. The smallest absolute Gasteiger partial charge is 0.398 e. The molecule has 8 heteroatoms. The number of benzene rings is 1. The molecule has 2 aromatic heterocycles. The quantitative estimate of drug-likeness (QED) is 0.252. The number of thiophene rings is 1. The minimum atomic E-state index is -4.57. The molecular formula is C25H26F3NO3S. The molecule has 0 bridgehead atoms. The van der Waals surface area contributed by atoms with Crippen LogP contribution in [-0.4, -0.2) is 30.3 Å². The van der Waals surface area contributed by atoms with Gasteiger partial charge in [-0.15, -0.1) is 11.3 Å². The van der Waals surface area contributed by atoms with Crippen molar-refractivity contribution in [3.8, 4) is 16.2 Å². The Bertz CT molecular complexity index is 1150. The fourth-order valence-electron chi connectivity index (χ4n) is 3.20. The summed E-state index contributed by atoms with van der Waals surface area (Å²) in [5.74, 6) is -2.47. The van der Waals surface area contributed by atoms with Gasteiger partial charge in [0.25, 0.3) is 0 Å². The summed E-state index contributed by atoms with van der Waals surface area (Å²) < 4.78 is 51.1. The number of carbonyl (C=O) groups is 1. The van der Waals surface area contributed by atoms with Gasteiger partial charge < -0.3 is 9.47 Å².